The van der Waals surface area contributed by atoms with E-state index < -0.39 is 15.6 Å². The SMILES string of the molecule is Cc1ocnc1C(=O)N1CCC2(CC1)c1nc[nH]c1CCN2S(C)(=O)=O. The minimum atomic E-state index is -3.39. The Bertz CT molecular complexity index is 940. The zero-order valence-corrected chi connectivity index (χ0v) is 15.5. The third-order valence-electron chi connectivity index (χ3n) is 5.43. The summed E-state index contributed by atoms with van der Waals surface area (Å²) in [6.45, 7) is 2.99. The summed E-state index contributed by atoms with van der Waals surface area (Å²) in [7, 11) is -3.39. The van der Waals surface area contributed by atoms with Crippen LogP contribution in [0.3, 0.4) is 0 Å². The molecule has 10 heteroatoms. The molecule has 2 aromatic rings. The lowest BCUT2D eigenvalue weighted by Gasteiger charge is -2.49. The Kier molecular flexibility index (Phi) is 3.92. The van der Waals surface area contributed by atoms with E-state index >= 15 is 0 Å². The summed E-state index contributed by atoms with van der Waals surface area (Å²) >= 11 is 0. The van der Waals surface area contributed by atoms with Crippen molar-refractivity contribution >= 4 is 15.9 Å². The molecule has 140 valence electrons. The first-order chi connectivity index (χ1) is 12.3. The number of carbonyl (C=O) groups is 1. The third kappa shape index (κ3) is 2.55. The summed E-state index contributed by atoms with van der Waals surface area (Å²) in [5.74, 6) is 0.301. The van der Waals surface area contributed by atoms with Gasteiger partial charge in [-0.2, -0.15) is 4.31 Å². The van der Waals surface area contributed by atoms with Gasteiger partial charge in [0.05, 0.1) is 23.8 Å². The first-order valence-electron chi connectivity index (χ1n) is 8.53. The van der Waals surface area contributed by atoms with Crippen molar-refractivity contribution in [1.82, 2.24) is 24.2 Å². The van der Waals surface area contributed by atoms with Crippen LogP contribution in [0.15, 0.2) is 17.1 Å². The number of likely N-dealkylation sites (tertiary alicyclic amines) is 1. The molecule has 26 heavy (non-hydrogen) atoms. The maximum absolute atomic E-state index is 12.7. The highest BCUT2D eigenvalue weighted by Crippen LogP contribution is 2.43. The number of aryl methyl sites for hydroxylation is 1. The number of carbonyl (C=O) groups excluding carboxylic acids is 1. The molecular formula is C16H21N5O4S. The Hall–Kier alpha value is -2.20. The lowest BCUT2D eigenvalue weighted by Crippen LogP contribution is -2.58. The van der Waals surface area contributed by atoms with E-state index in [1.54, 1.807) is 22.5 Å². The molecule has 4 rings (SSSR count). The number of imidazole rings is 1. The van der Waals surface area contributed by atoms with E-state index in [0.717, 1.165) is 11.4 Å². The summed E-state index contributed by atoms with van der Waals surface area (Å²) in [4.78, 5) is 25.9. The number of nitrogens with zero attached hydrogens (tertiary/aromatic N) is 4. The topological polar surface area (TPSA) is 112 Å². The van der Waals surface area contributed by atoms with Gasteiger partial charge in [-0.3, -0.25) is 4.79 Å². The van der Waals surface area contributed by atoms with Crippen molar-refractivity contribution in [3.63, 3.8) is 0 Å². The molecule has 2 aliphatic rings. The Balaban J connectivity index is 1.64. The summed E-state index contributed by atoms with van der Waals surface area (Å²) in [5.41, 5.74) is 1.39. The number of piperidine rings is 1. The highest BCUT2D eigenvalue weighted by molar-refractivity contribution is 7.88. The Morgan fingerprint density at radius 2 is 2.00 bits per heavy atom. The zero-order valence-electron chi connectivity index (χ0n) is 14.7. The summed E-state index contributed by atoms with van der Waals surface area (Å²) in [6, 6.07) is 0. The molecule has 0 aromatic carbocycles. The maximum atomic E-state index is 12.7. The number of aromatic nitrogens is 3. The number of fused-ring (bicyclic) bond motifs is 2. The van der Waals surface area contributed by atoms with Crippen LogP contribution in [0, 0.1) is 6.92 Å². The minimum absolute atomic E-state index is 0.185. The van der Waals surface area contributed by atoms with Crippen LogP contribution in [-0.2, 0) is 22.0 Å². The van der Waals surface area contributed by atoms with Gasteiger partial charge in [-0.25, -0.2) is 18.4 Å². The molecule has 1 saturated heterocycles. The van der Waals surface area contributed by atoms with Gasteiger partial charge in [0.25, 0.3) is 5.91 Å². The van der Waals surface area contributed by atoms with Crippen LogP contribution in [0.5, 0.6) is 0 Å². The second-order valence-electron chi connectivity index (χ2n) is 6.90. The number of nitrogens with one attached hydrogen (secondary N) is 1. The number of H-pyrrole nitrogens is 1. The first-order valence-corrected chi connectivity index (χ1v) is 10.4. The van der Waals surface area contributed by atoms with Crippen LogP contribution >= 0.6 is 0 Å². The fourth-order valence-corrected chi connectivity index (χ4v) is 5.49. The van der Waals surface area contributed by atoms with Crippen molar-refractivity contribution in [3.05, 3.63) is 35.6 Å². The second kappa shape index (κ2) is 5.92. The van der Waals surface area contributed by atoms with E-state index in [0.29, 0.717) is 50.4 Å². The van der Waals surface area contributed by atoms with E-state index in [2.05, 4.69) is 15.0 Å². The van der Waals surface area contributed by atoms with E-state index in [9.17, 15) is 13.2 Å². The predicted molar refractivity (Wildman–Crippen MR) is 91.9 cm³/mol. The van der Waals surface area contributed by atoms with Gasteiger partial charge < -0.3 is 14.3 Å². The van der Waals surface area contributed by atoms with Gasteiger partial charge in [0.2, 0.25) is 10.0 Å². The van der Waals surface area contributed by atoms with Crippen LogP contribution in [0.1, 0.15) is 40.5 Å². The summed E-state index contributed by atoms with van der Waals surface area (Å²) in [5, 5.41) is 0. The van der Waals surface area contributed by atoms with Crippen molar-refractivity contribution in [2.24, 2.45) is 0 Å². The number of aromatic amines is 1. The van der Waals surface area contributed by atoms with Crippen molar-refractivity contribution in [2.75, 3.05) is 25.9 Å². The Labute approximate surface area is 151 Å². The minimum Gasteiger partial charge on any atom is -0.448 e. The average Bonchev–Trinajstić information content (AvgIpc) is 3.23. The molecule has 0 radical (unpaired) electrons. The van der Waals surface area contributed by atoms with Gasteiger partial charge in [0, 0.05) is 31.7 Å². The molecule has 0 aliphatic carbocycles. The van der Waals surface area contributed by atoms with Crippen LogP contribution < -0.4 is 0 Å². The molecule has 0 saturated carbocycles. The molecule has 0 atom stereocenters. The molecular weight excluding hydrogens is 358 g/mol. The van der Waals surface area contributed by atoms with Gasteiger partial charge in [-0.15, -0.1) is 0 Å². The van der Waals surface area contributed by atoms with E-state index in [-0.39, 0.29) is 5.91 Å². The lowest BCUT2D eigenvalue weighted by molar-refractivity contribution is 0.0457. The molecule has 2 aromatic heterocycles. The number of hydrogen-bond donors (Lipinski definition) is 1. The predicted octanol–water partition coefficient (Wildman–Crippen LogP) is 0.655. The van der Waals surface area contributed by atoms with Crippen LogP contribution in [-0.4, -0.2) is 64.4 Å². The van der Waals surface area contributed by atoms with Crippen LogP contribution in [0.2, 0.25) is 0 Å². The smallest absolute Gasteiger partial charge is 0.276 e. The molecule has 9 nitrogen and oxygen atoms in total. The van der Waals surface area contributed by atoms with Crippen LogP contribution in [0.25, 0.3) is 0 Å². The zero-order chi connectivity index (χ0) is 18.5. The highest BCUT2D eigenvalue weighted by atomic mass is 32.2. The highest BCUT2D eigenvalue weighted by Gasteiger charge is 2.50. The fourth-order valence-electron chi connectivity index (χ4n) is 4.17. The normalized spacial score (nSPS) is 20.3. The lowest BCUT2D eigenvalue weighted by atomic mass is 9.80. The molecule has 4 heterocycles. The first kappa shape index (κ1) is 17.2. The number of amides is 1. The van der Waals surface area contributed by atoms with E-state index in [1.165, 1.54) is 12.6 Å². The van der Waals surface area contributed by atoms with Crippen molar-refractivity contribution < 1.29 is 17.6 Å². The number of rotatable bonds is 2. The third-order valence-corrected chi connectivity index (χ3v) is 6.76. The van der Waals surface area contributed by atoms with E-state index in [4.69, 9.17) is 4.42 Å². The number of sulfonamides is 1. The quantitative estimate of drug-likeness (QED) is 0.820. The summed E-state index contributed by atoms with van der Waals surface area (Å²) < 4.78 is 31.5. The van der Waals surface area contributed by atoms with Crippen LogP contribution in [0.4, 0.5) is 0 Å². The van der Waals surface area contributed by atoms with Gasteiger partial charge >= 0.3 is 0 Å². The number of hydrogen-bond acceptors (Lipinski definition) is 6. The number of oxazole rings is 1. The van der Waals surface area contributed by atoms with E-state index in [1.807, 2.05) is 0 Å². The Morgan fingerprint density at radius 3 is 2.62 bits per heavy atom. The summed E-state index contributed by atoms with van der Waals surface area (Å²) in [6.07, 6.45) is 5.74. The van der Waals surface area contributed by atoms with Crippen molar-refractivity contribution in [1.29, 1.82) is 0 Å². The van der Waals surface area contributed by atoms with Crippen molar-refractivity contribution in [2.45, 2.75) is 31.7 Å². The molecule has 2 aliphatic heterocycles. The molecule has 0 bridgehead atoms. The Morgan fingerprint density at radius 1 is 1.27 bits per heavy atom. The average molecular weight is 379 g/mol. The van der Waals surface area contributed by atoms with Gasteiger partial charge in [0.15, 0.2) is 12.1 Å². The molecule has 0 unspecified atom stereocenters. The molecule has 1 N–H and O–H groups in total. The standard InChI is InChI=1S/C16H21N5O4S/c1-11-13(19-10-25-11)15(22)20-7-4-16(5-8-20)14-12(17-9-18-14)3-6-21(16)26(2,23)24/h9-10H,3-8H2,1-2H3,(H,17,18). The van der Waals surface area contributed by atoms with Gasteiger partial charge in [-0.05, 0) is 19.8 Å². The second-order valence-corrected chi connectivity index (χ2v) is 8.80. The monoisotopic (exact) mass is 379 g/mol. The molecule has 1 amide bonds. The maximum Gasteiger partial charge on any atom is 0.276 e. The van der Waals surface area contributed by atoms with Gasteiger partial charge in [-0.1, -0.05) is 0 Å². The van der Waals surface area contributed by atoms with Crippen molar-refractivity contribution in [3.8, 4) is 0 Å². The largest absolute Gasteiger partial charge is 0.448 e. The van der Waals surface area contributed by atoms with Gasteiger partial charge in [0.1, 0.15) is 5.76 Å². The fraction of sp³-hybridized carbons (Fsp3) is 0.562. The molecule has 1 spiro atoms. The molecule has 1 fully saturated rings.